The van der Waals surface area contributed by atoms with Crippen molar-refractivity contribution in [2.45, 2.75) is 68.5 Å². The van der Waals surface area contributed by atoms with Crippen LogP contribution in [0.1, 0.15) is 65.4 Å². The second-order valence-corrected chi connectivity index (χ2v) is 11.8. The molecule has 1 aromatic carbocycles. The van der Waals surface area contributed by atoms with Crippen LogP contribution in [0.3, 0.4) is 0 Å². The topological polar surface area (TPSA) is 90.6 Å². The number of methoxy groups -OCH3 is 1. The van der Waals surface area contributed by atoms with Crippen LogP contribution in [0.4, 0.5) is 19.1 Å². The third-order valence-electron chi connectivity index (χ3n) is 9.64. The van der Waals surface area contributed by atoms with Gasteiger partial charge in [-0.05, 0) is 56.1 Å². The lowest BCUT2D eigenvalue weighted by Crippen LogP contribution is -2.47. The number of alkyl halides is 3. The molecule has 2 aliphatic heterocycles. The third kappa shape index (κ3) is 3.49. The van der Waals surface area contributed by atoms with Crippen molar-refractivity contribution in [2.24, 2.45) is 17.8 Å². The number of piperidine rings is 2. The first-order valence-corrected chi connectivity index (χ1v) is 13.8. The van der Waals surface area contributed by atoms with E-state index in [4.69, 9.17) is 14.0 Å². The number of benzene rings is 1. The van der Waals surface area contributed by atoms with E-state index in [1.54, 1.807) is 18.3 Å². The molecule has 3 aliphatic carbocycles. The molecule has 5 aliphatic rings. The van der Waals surface area contributed by atoms with Gasteiger partial charge < -0.3 is 18.9 Å². The van der Waals surface area contributed by atoms with Crippen LogP contribution in [-0.2, 0) is 22.3 Å². The molecule has 6 atom stereocenters. The van der Waals surface area contributed by atoms with E-state index in [1.807, 2.05) is 0 Å². The number of nitrogens with zero attached hydrogens (tertiary/aromatic N) is 4. The van der Waals surface area contributed by atoms with Gasteiger partial charge in [-0.15, -0.1) is 0 Å². The van der Waals surface area contributed by atoms with E-state index >= 15 is 0 Å². The molecule has 3 aromatic rings. The van der Waals surface area contributed by atoms with E-state index < -0.39 is 17.7 Å². The average molecular weight is 553 g/mol. The number of rotatable bonds is 7. The predicted molar refractivity (Wildman–Crippen MR) is 134 cm³/mol. The lowest BCUT2D eigenvalue weighted by molar-refractivity contribution is -0.137. The fraction of sp³-hybridized carbons (Fsp3) is 0.517. The number of esters is 1. The van der Waals surface area contributed by atoms with Gasteiger partial charge in [-0.1, -0.05) is 23.4 Å². The lowest BCUT2D eigenvalue weighted by Gasteiger charge is -2.38. The fourth-order valence-electron chi connectivity index (χ4n) is 7.77. The Morgan fingerprint density at radius 1 is 1.20 bits per heavy atom. The third-order valence-corrected chi connectivity index (χ3v) is 9.64. The quantitative estimate of drug-likeness (QED) is 0.361. The minimum Gasteiger partial charge on any atom is -0.464 e. The number of fused-ring (bicyclic) bond motifs is 2. The van der Waals surface area contributed by atoms with E-state index in [0.29, 0.717) is 29.1 Å². The summed E-state index contributed by atoms with van der Waals surface area (Å²) in [5.41, 5.74) is 0.283. The Bertz CT molecular complexity index is 1520. The number of anilines is 1. The van der Waals surface area contributed by atoms with Gasteiger partial charge in [0.05, 0.1) is 30.9 Å². The Morgan fingerprint density at radius 2 is 2.02 bits per heavy atom. The molecule has 2 bridgehead atoms. The average Bonchev–Trinajstić information content (AvgIpc) is 3.90. The molecule has 0 N–H and O–H groups in total. The first-order valence-electron chi connectivity index (χ1n) is 13.8. The molecular weight excluding hydrogens is 525 g/mol. The first kappa shape index (κ1) is 24.3. The maximum absolute atomic E-state index is 13.8. The molecule has 11 heteroatoms. The normalized spacial score (nSPS) is 31.5. The molecule has 8 rings (SSSR count). The van der Waals surface area contributed by atoms with Gasteiger partial charge in [-0.2, -0.15) is 13.2 Å². The highest BCUT2D eigenvalue weighted by Crippen LogP contribution is 2.75. The Morgan fingerprint density at radius 3 is 2.80 bits per heavy atom. The van der Waals surface area contributed by atoms with E-state index in [0.717, 1.165) is 38.2 Å². The first-order chi connectivity index (χ1) is 19.3. The van der Waals surface area contributed by atoms with Crippen LogP contribution in [0.15, 0.2) is 41.1 Å². The highest BCUT2D eigenvalue weighted by Gasteiger charge is 2.81. The van der Waals surface area contributed by atoms with Crippen LogP contribution in [0.25, 0.3) is 11.3 Å². The number of ether oxygens (including phenoxy) is 2. The van der Waals surface area contributed by atoms with Crippen LogP contribution in [0, 0.1) is 17.8 Å². The summed E-state index contributed by atoms with van der Waals surface area (Å²) in [6.45, 7) is 0.161. The standard InChI is InChI=1S/C29H27F3N4O4/c1-38-26(37)21-8-9-33-27(34-21)36-16-10-15-12-28(15,36)22-18(11-16)25(22)39-13-19-23(35-40-24(19)14-6-7-14)17-4-2-3-5-20(17)29(30,31)32/h2-5,8-9,14-16,18,22,25H,6-7,10-13H2,1H3/t15?,16?,18?,22?,25-,28?/m0/s1. The summed E-state index contributed by atoms with van der Waals surface area (Å²) in [5.74, 6) is 2.08. The number of carbonyl (C=O) groups excluding carboxylic acids is 1. The van der Waals surface area contributed by atoms with Gasteiger partial charge in [0.2, 0.25) is 5.95 Å². The Kier molecular flexibility index (Phi) is 5.04. The second-order valence-electron chi connectivity index (χ2n) is 11.8. The van der Waals surface area contributed by atoms with Gasteiger partial charge in [0.15, 0.2) is 5.69 Å². The van der Waals surface area contributed by atoms with Crippen LogP contribution < -0.4 is 4.90 Å². The van der Waals surface area contributed by atoms with Gasteiger partial charge in [0, 0.05) is 35.2 Å². The van der Waals surface area contributed by atoms with Crippen LogP contribution in [-0.4, -0.2) is 45.9 Å². The largest absolute Gasteiger partial charge is 0.464 e. The smallest absolute Gasteiger partial charge is 0.417 e. The zero-order valence-corrected chi connectivity index (χ0v) is 21.7. The molecule has 5 unspecified atom stereocenters. The summed E-state index contributed by atoms with van der Waals surface area (Å²) in [5, 5.41) is 4.13. The van der Waals surface area contributed by atoms with Crippen molar-refractivity contribution < 1.29 is 32.0 Å². The second kappa shape index (κ2) is 8.28. The molecule has 2 aromatic heterocycles. The highest BCUT2D eigenvalue weighted by molar-refractivity contribution is 5.87. The summed E-state index contributed by atoms with van der Waals surface area (Å²) in [7, 11) is 1.33. The van der Waals surface area contributed by atoms with E-state index in [-0.39, 0.29) is 53.1 Å². The Balaban J connectivity index is 1.07. The number of halogens is 3. The van der Waals surface area contributed by atoms with Gasteiger partial charge in [-0.25, -0.2) is 14.8 Å². The maximum atomic E-state index is 13.8. The van der Waals surface area contributed by atoms with Gasteiger partial charge in [0.1, 0.15) is 11.5 Å². The summed E-state index contributed by atoms with van der Waals surface area (Å²) in [6.07, 6.45) is 1.99. The zero-order chi connectivity index (χ0) is 27.4. The van der Waals surface area contributed by atoms with E-state index in [1.165, 1.54) is 19.2 Å². The lowest BCUT2D eigenvalue weighted by atomic mass is 9.98. The van der Waals surface area contributed by atoms with Crippen molar-refractivity contribution in [3.63, 3.8) is 0 Å². The monoisotopic (exact) mass is 552 g/mol. The minimum absolute atomic E-state index is 0.00532. The van der Waals surface area contributed by atoms with Crippen molar-refractivity contribution in [2.75, 3.05) is 12.0 Å². The van der Waals surface area contributed by atoms with E-state index in [2.05, 4.69) is 20.0 Å². The summed E-state index contributed by atoms with van der Waals surface area (Å²) in [6, 6.07) is 7.33. The summed E-state index contributed by atoms with van der Waals surface area (Å²) >= 11 is 0. The van der Waals surface area contributed by atoms with Crippen molar-refractivity contribution in [1.82, 2.24) is 15.1 Å². The molecule has 208 valence electrons. The molecule has 1 spiro atoms. The maximum Gasteiger partial charge on any atom is 0.417 e. The molecule has 2 saturated heterocycles. The Hall–Kier alpha value is -3.47. The van der Waals surface area contributed by atoms with Crippen molar-refractivity contribution >= 4 is 11.9 Å². The molecule has 3 saturated carbocycles. The molecule has 0 amide bonds. The summed E-state index contributed by atoms with van der Waals surface area (Å²) in [4.78, 5) is 23.5. The zero-order valence-electron chi connectivity index (χ0n) is 21.7. The molecule has 40 heavy (non-hydrogen) atoms. The number of hydrogen-bond acceptors (Lipinski definition) is 8. The van der Waals surface area contributed by atoms with Crippen LogP contribution >= 0.6 is 0 Å². The Labute approximate surface area is 227 Å². The van der Waals surface area contributed by atoms with Gasteiger partial charge >= 0.3 is 12.1 Å². The highest BCUT2D eigenvalue weighted by atomic mass is 19.4. The van der Waals surface area contributed by atoms with Crippen LogP contribution in [0.5, 0.6) is 0 Å². The van der Waals surface area contributed by atoms with Crippen molar-refractivity contribution in [3.8, 4) is 11.3 Å². The minimum atomic E-state index is -4.51. The number of hydrogen-bond donors (Lipinski definition) is 0. The van der Waals surface area contributed by atoms with Crippen molar-refractivity contribution in [1.29, 1.82) is 0 Å². The SMILES string of the molecule is COC(=O)c1ccnc(N2C3CC4C([C@H]4OCc4c(-c5ccccc5C(F)(F)F)noc4C4CC4)C24CC4C3)n1. The number of carbonyl (C=O) groups is 1. The molecule has 0 radical (unpaired) electrons. The molecule has 8 nitrogen and oxygen atoms in total. The van der Waals surface area contributed by atoms with E-state index in [9.17, 15) is 18.0 Å². The van der Waals surface area contributed by atoms with Gasteiger partial charge in [0.25, 0.3) is 0 Å². The molecule has 4 heterocycles. The van der Waals surface area contributed by atoms with Crippen molar-refractivity contribution in [3.05, 3.63) is 59.1 Å². The molecular formula is C29H27F3N4O4. The fourth-order valence-corrected chi connectivity index (χ4v) is 7.77. The van der Waals surface area contributed by atoms with Gasteiger partial charge in [-0.3, -0.25) is 0 Å². The predicted octanol–water partition coefficient (Wildman–Crippen LogP) is 5.39. The summed E-state index contributed by atoms with van der Waals surface area (Å²) < 4.78 is 58.5. The van der Waals surface area contributed by atoms with Crippen LogP contribution in [0.2, 0.25) is 0 Å². The molecule has 5 fully saturated rings. The number of aromatic nitrogens is 3.